The first kappa shape index (κ1) is 13.8. The highest BCUT2D eigenvalue weighted by Crippen LogP contribution is 2.24. The molecule has 1 saturated heterocycles. The van der Waals surface area contributed by atoms with E-state index in [1.54, 1.807) is 12.1 Å². The molecule has 2 N–H and O–H groups in total. The predicted molar refractivity (Wildman–Crippen MR) is 72.2 cm³/mol. The quantitative estimate of drug-likeness (QED) is 0.902. The van der Waals surface area contributed by atoms with Crippen molar-refractivity contribution in [3.05, 3.63) is 28.8 Å². The molecule has 0 aliphatic carbocycles. The van der Waals surface area contributed by atoms with Gasteiger partial charge in [-0.3, -0.25) is 0 Å². The lowest BCUT2D eigenvalue weighted by Crippen LogP contribution is -2.45. The van der Waals surface area contributed by atoms with Crippen LogP contribution in [0.15, 0.2) is 23.1 Å². The van der Waals surface area contributed by atoms with Gasteiger partial charge in [0.1, 0.15) is 0 Å². The zero-order valence-electron chi connectivity index (χ0n) is 10.3. The molecule has 0 amide bonds. The Balaban J connectivity index is 2.32. The molecule has 1 aromatic rings. The fourth-order valence-corrected chi connectivity index (χ4v) is 3.88. The molecule has 0 bridgehead atoms. The van der Waals surface area contributed by atoms with Gasteiger partial charge < -0.3 is 5.73 Å². The average molecular weight is 289 g/mol. The first-order valence-electron chi connectivity index (χ1n) is 5.93. The van der Waals surface area contributed by atoms with E-state index in [0.29, 0.717) is 18.1 Å². The van der Waals surface area contributed by atoms with Crippen LogP contribution in [0.1, 0.15) is 18.4 Å². The number of sulfonamides is 1. The Morgan fingerprint density at radius 3 is 2.78 bits per heavy atom. The van der Waals surface area contributed by atoms with E-state index in [9.17, 15) is 8.42 Å². The smallest absolute Gasteiger partial charge is 0.243 e. The lowest BCUT2D eigenvalue weighted by Gasteiger charge is -2.29. The number of aryl methyl sites for hydroxylation is 1. The van der Waals surface area contributed by atoms with E-state index in [1.165, 1.54) is 10.4 Å². The van der Waals surface area contributed by atoms with E-state index >= 15 is 0 Å². The Kier molecular flexibility index (Phi) is 3.96. The van der Waals surface area contributed by atoms with E-state index < -0.39 is 10.0 Å². The molecule has 1 aliphatic heterocycles. The highest BCUT2D eigenvalue weighted by Gasteiger charge is 2.29. The van der Waals surface area contributed by atoms with Gasteiger partial charge in [-0.05, 0) is 37.5 Å². The second kappa shape index (κ2) is 5.17. The van der Waals surface area contributed by atoms with Crippen molar-refractivity contribution in [3.8, 4) is 0 Å². The second-order valence-electron chi connectivity index (χ2n) is 4.68. The SMILES string of the molecule is Cc1ccc(S(=O)(=O)N2CCCC(N)C2)cc1Cl. The number of nitrogens with two attached hydrogens (primary N) is 1. The second-order valence-corrected chi connectivity index (χ2v) is 7.02. The summed E-state index contributed by atoms with van der Waals surface area (Å²) in [5.74, 6) is 0. The maximum Gasteiger partial charge on any atom is 0.243 e. The van der Waals surface area contributed by atoms with Crippen LogP contribution >= 0.6 is 11.6 Å². The molecule has 1 aromatic carbocycles. The minimum Gasteiger partial charge on any atom is -0.327 e. The molecule has 4 nitrogen and oxygen atoms in total. The summed E-state index contributed by atoms with van der Waals surface area (Å²) in [7, 11) is -3.47. The summed E-state index contributed by atoms with van der Waals surface area (Å²) in [5, 5.41) is 0.470. The van der Waals surface area contributed by atoms with Crippen LogP contribution in [0.5, 0.6) is 0 Å². The molecule has 0 aromatic heterocycles. The van der Waals surface area contributed by atoms with Crippen LogP contribution in [0.4, 0.5) is 0 Å². The predicted octanol–water partition coefficient (Wildman–Crippen LogP) is 1.76. The van der Waals surface area contributed by atoms with Crippen molar-refractivity contribution in [2.75, 3.05) is 13.1 Å². The normalized spacial score (nSPS) is 22.1. The third kappa shape index (κ3) is 2.69. The van der Waals surface area contributed by atoms with Crippen molar-refractivity contribution < 1.29 is 8.42 Å². The molecule has 1 aliphatic rings. The molecule has 1 unspecified atom stereocenters. The summed E-state index contributed by atoms with van der Waals surface area (Å²) in [5.41, 5.74) is 6.69. The number of piperidine rings is 1. The Bertz CT molecular complexity index is 545. The molecule has 1 heterocycles. The number of nitrogens with zero attached hydrogens (tertiary/aromatic N) is 1. The first-order valence-corrected chi connectivity index (χ1v) is 7.75. The van der Waals surface area contributed by atoms with Gasteiger partial charge in [0.15, 0.2) is 0 Å². The van der Waals surface area contributed by atoms with Gasteiger partial charge >= 0.3 is 0 Å². The van der Waals surface area contributed by atoms with Crippen molar-refractivity contribution >= 4 is 21.6 Å². The van der Waals surface area contributed by atoms with Crippen LogP contribution in [0.2, 0.25) is 5.02 Å². The molecule has 18 heavy (non-hydrogen) atoms. The van der Waals surface area contributed by atoms with Gasteiger partial charge in [-0.15, -0.1) is 0 Å². The van der Waals surface area contributed by atoms with E-state index in [-0.39, 0.29) is 10.9 Å². The largest absolute Gasteiger partial charge is 0.327 e. The summed E-state index contributed by atoms with van der Waals surface area (Å²) in [6, 6.07) is 4.75. The highest BCUT2D eigenvalue weighted by atomic mass is 35.5. The summed E-state index contributed by atoms with van der Waals surface area (Å²) >= 11 is 5.98. The zero-order valence-corrected chi connectivity index (χ0v) is 11.8. The Hall–Kier alpha value is -0.620. The van der Waals surface area contributed by atoms with Crippen LogP contribution in [0, 0.1) is 6.92 Å². The summed E-state index contributed by atoms with van der Waals surface area (Å²) in [6.07, 6.45) is 1.68. The van der Waals surface area contributed by atoms with Crippen LogP contribution in [-0.4, -0.2) is 31.9 Å². The molecule has 2 rings (SSSR count). The first-order chi connectivity index (χ1) is 8.41. The summed E-state index contributed by atoms with van der Waals surface area (Å²) in [6.45, 7) is 2.75. The molecule has 0 spiro atoms. The Labute approximate surface area is 113 Å². The topological polar surface area (TPSA) is 63.4 Å². The standard InChI is InChI=1S/C12H17ClN2O2S/c1-9-4-5-11(7-12(9)13)18(16,17)15-6-2-3-10(14)8-15/h4-5,7,10H,2-3,6,8,14H2,1H3. The summed E-state index contributed by atoms with van der Waals surface area (Å²) < 4.78 is 26.3. The number of benzene rings is 1. The molecule has 1 atom stereocenters. The van der Waals surface area contributed by atoms with Crippen molar-refractivity contribution in [3.63, 3.8) is 0 Å². The van der Waals surface area contributed by atoms with Crippen LogP contribution in [-0.2, 0) is 10.0 Å². The third-order valence-electron chi connectivity index (χ3n) is 3.20. The Morgan fingerprint density at radius 1 is 1.44 bits per heavy atom. The zero-order chi connectivity index (χ0) is 13.3. The molecule has 6 heteroatoms. The van der Waals surface area contributed by atoms with Crippen LogP contribution < -0.4 is 5.73 Å². The number of hydrogen-bond donors (Lipinski definition) is 1. The van der Waals surface area contributed by atoms with E-state index in [1.807, 2.05) is 6.92 Å². The number of rotatable bonds is 2. The van der Waals surface area contributed by atoms with Gasteiger partial charge in [-0.1, -0.05) is 17.7 Å². The lowest BCUT2D eigenvalue weighted by molar-refractivity contribution is 0.316. The molecular formula is C12H17ClN2O2S. The van der Waals surface area contributed by atoms with Crippen LogP contribution in [0.25, 0.3) is 0 Å². The number of hydrogen-bond acceptors (Lipinski definition) is 3. The molecule has 1 fully saturated rings. The monoisotopic (exact) mass is 288 g/mol. The molecule has 0 saturated carbocycles. The summed E-state index contributed by atoms with van der Waals surface area (Å²) in [4.78, 5) is 0.243. The van der Waals surface area contributed by atoms with Crippen molar-refractivity contribution in [2.24, 2.45) is 5.73 Å². The molecule has 0 radical (unpaired) electrons. The van der Waals surface area contributed by atoms with Gasteiger partial charge in [-0.2, -0.15) is 4.31 Å². The van der Waals surface area contributed by atoms with Crippen LogP contribution in [0.3, 0.4) is 0 Å². The fourth-order valence-electron chi connectivity index (χ4n) is 2.08. The maximum absolute atomic E-state index is 12.4. The average Bonchev–Trinajstić information content (AvgIpc) is 2.32. The van der Waals surface area contributed by atoms with E-state index in [0.717, 1.165) is 18.4 Å². The number of halogens is 1. The van der Waals surface area contributed by atoms with Gasteiger partial charge in [0.25, 0.3) is 0 Å². The lowest BCUT2D eigenvalue weighted by atomic mass is 10.1. The minimum absolute atomic E-state index is 0.0746. The highest BCUT2D eigenvalue weighted by molar-refractivity contribution is 7.89. The fraction of sp³-hybridized carbons (Fsp3) is 0.500. The van der Waals surface area contributed by atoms with Crippen molar-refractivity contribution in [2.45, 2.75) is 30.7 Å². The van der Waals surface area contributed by atoms with Gasteiger partial charge in [-0.25, -0.2) is 8.42 Å². The van der Waals surface area contributed by atoms with E-state index in [2.05, 4.69) is 0 Å². The van der Waals surface area contributed by atoms with Crippen molar-refractivity contribution in [1.29, 1.82) is 0 Å². The molecular weight excluding hydrogens is 272 g/mol. The third-order valence-corrected chi connectivity index (χ3v) is 5.47. The van der Waals surface area contributed by atoms with Gasteiger partial charge in [0.05, 0.1) is 4.90 Å². The Morgan fingerprint density at radius 2 is 2.17 bits per heavy atom. The van der Waals surface area contributed by atoms with Crippen molar-refractivity contribution in [1.82, 2.24) is 4.31 Å². The van der Waals surface area contributed by atoms with E-state index in [4.69, 9.17) is 17.3 Å². The minimum atomic E-state index is -3.47. The van der Waals surface area contributed by atoms with Gasteiger partial charge in [0.2, 0.25) is 10.0 Å². The maximum atomic E-state index is 12.4. The molecule has 100 valence electrons. The van der Waals surface area contributed by atoms with Gasteiger partial charge in [0, 0.05) is 24.2 Å².